The minimum atomic E-state index is 0.512. The van der Waals surface area contributed by atoms with Gasteiger partial charge in [0, 0.05) is 20.7 Å². The third-order valence-electron chi connectivity index (χ3n) is 2.71. The SMILES string of the molecule is Clc1ccc(Nc2n[nH]c(-c3ccccc3Br)n2)cc1. The molecule has 0 bridgehead atoms. The van der Waals surface area contributed by atoms with Crippen molar-refractivity contribution in [3.8, 4) is 11.4 Å². The van der Waals surface area contributed by atoms with Crippen LogP contribution in [0.2, 0.25) is 5.02 Å². The van der Waals surface area contributed by atoms with Crippen LogP contribution < -0.4 is 5.32 Å². The summed E-state index contributed by atoms with van der Waals surface area (Å²) in [6, 6.07) is 15.2. The van der Waals surface area contributed by atoms with Crippen LogP contribution in [0.25, 0.3) is 11.4 Å². The Kier molecular flexibility index (Phi) is 3.71. The summed E-state index contributed by atoms with van der Waals surface area (Å²) in [4.78, 5) is 4.42. The summed E-state index contributed by atoms with van der Waals surface area (Å²) in [6.07, 6.45) is 0. The largest absolute Gasteiger partial charge is 0.323 e. The molecule has 100 valence electrons. The van der Waals surface area contributed by atoms with E-state index in [9.17, 15) is 0 Å². The van der Waals surface area contributed by atoms with Crippen molar-refractivity contribution in [3.63, 3.8) is 0 Å². The summed E-state index contributed by atoms with van der Waals surface area (Å²) in [5.41, 5.74) is 1.84. The maximum absolute atomic E-state index is 5.85. The Labute approximate surface area is 129 Å². The van der Waals surface area contributed by atoms with Gasteiger partial charge in [-0.25, -0.2) is 0 Å². The second-order valence-corrected chi connectivity index (χ2v) is 5.41. The van der Waals surface area contributed by atoms with E-state index in [4.69, 9.17) is 11.6 Å². The van der Waals surface area contributed by atoms with Gasteiger partial charge < -0.3 is 5.32 Å². The summed E-state index contributed by atoms with van der Waals surface area (Å²) >= 11 is 9.34. The fraction of sp³-hybridized carbons (Fsp3) is 0. The maximum atomic E-state index is 5.85. The number of aromatic nitrogens is 3. The Morgan fingerprint density at radius 1 is 1.05 bits per heavy atom. The second kappa shape index (κ2) is 5.64. The number of nitrogens with one attached hydrogen (secondary N) is 2. The molecular weight excluding hydrogens is 340 g/mol. The van der Waals surface area contributed by atoms with Gasteiger partial charge in [-0.2, -0.15) is 4.98 Å². The van der Waals surface area contributed by atoms with Crippen molar-refractivity contribution >= 4 is 39.2 Å². The van der Waals surface area contributed by atoms with E-state index in [-0.39, 0.29) is 0 Å². The second-order valence-electron chi connectivity index (χ2n) is 4.12. The molecule has 0 unspecified atom stereocenters. The van der Waals surface area contributed by atoms with Crippen LogP contribution in [-0.2, 0) is 0 Å². The normalized spacial score (nSPS) is 10.5. The van der Waals surface area contributed by atoms with Crippen LogP contribution in [0.5, 0.6) is 0 Å². The van der Waals surface area contributed by atoms with Crippen LogP contribution in [0.15, 0.2) is 53.0 Å². The van der Waals surface area contributed by atoms with E-state index in [1.165, 1.54) is 0 Å². The fourth-order valence-corrected chi connectivity index (χ4v) is 2.35. The van der Waals surface area contributed by atoms with E-state index in [1.54, 1.807) is 0 Å². The van der Waals surface area contributed by atoms with Gasteiger partial charge in [0.15, 0.2) is 5.82 Å². The highest BCUT2D eigenvalue weighted by molar-refractivity contribution is 9.10. The van der Waals surface area contributed by atoms with Crippen molar-refractivity contribution in [3.05, 3.63) is 58.0 Å². The summed E-state index contributed by atoms with van der Waals surface area (Å²) in [6.45, 7) is 0. The lowest BCUT2D eigenvalue weighted by Gasteiger charge is -2.01. The maximum Gasteiger partial charge on any atom is 0.246 e. The number of anilines is 2. The molecule has 0 aliphatic heterocycles. The molecule has 0 aliphatic rings. The standard InChI is InChI=1S/C14H10BrClN4/c15-12-4-2-1-3-11(12)13-18-14(20-19-13)17-10-7-5-9(16)6-8-10/h1-8H,(H2,17,18,19,20). The molecule has 0 radical (unpaired) electrons. The van der Waals surface area contributed by atoms with Crippen LogP contribution in [0.3, 0.4) is 0 Å². The number of H-pyrrole nitrogens is 1. The van der Waals surface area contributed by atoms with Crippen LogP contribution in [0.1, 0.15) is 0 Å². The third-order valence-corrected chi connectivity index (χ3v) is 3.66. The van der Waals surface area contributed by atoms with E-state index in [0.717, 1.165) is 15.7 Å². The summed E-state index contributed by atoms with van der Waals surface area (Å²) in [5, 5.41) is 10.9. The summed E-state index contributed by atoms with van der Waals surface area (Å²) in [7, 11) is 0. The third kappa shape index (κ3) is 2.84. The van der Waals surface area contributed by atoms with Crippen LogP contribution in [0.4, 0.5) is 11.6 Å². The van der Waals surface area contributed by atoms with E-state index < -0.39 is 0 Å². The highest BCUT2D eigenvalue weighted by atomic mass is 79.9. The first-order valence-corrected chi connectivity index (χ1v) is 7.09. The molecular formula is C14H10BrClN4. The monoisotopic (exact) mass is 348 g/mol. The molecule has 3 rings (SSSR count). The number of aromatic amines is 1. The van der Waals surface area contributed by atoms with E-state index >= 15 is 0 Å². The van der Waals surface area contributed by atoms with Gasteiger partial charge in [-0.15, -0.1) is 5.10 Å². The molecule has 0 saturated carbocycles. The minimum Gasteiger partial charge on any atom is -0.323 e. The number of hydrogen-bond donors (Lipinski definition) is 2. The first-order valence-electron chi connectivity index (χ1n) is 5.92. The average molecular weight is 350 g/mol. The average Bonchev–Trinajstić information content (AvgIpc) is 2.90. The molecule has 0 amide bonds. The highest BCUT2D eigenvalue weighted by Gasteiger charge is 2.08. The van der Waals surface area contributed by atoms with Crippen molar-refractivity contribution in [2.45, 2.75) is 0 Å². The minimum absolute atomic E-state index is 0.512. The molecule has 0 fully saturated rings. The zero-order chi connectivity index (χ0) is 13.9. The molecule has 0 spiro atoms. The summed E-state index contributed by atoms with van der Waals surface area (Å²) in [5.74, 6) is 1.21. The zero-order valence-corrected chi connectivity index (χ0v) is 12.6. The molecule has 20 heavy (non-hydrogen) atoms. The van der Waals surface area contributed by atoms with Crippen LogP contribution >= 0.6 is 27.5 Å². The molecule has 1 heterocycles. The van der Waals surface area contributed by atoms with E-state index in [0.29, 0.717) is 16.8 Å². The van der Waals surface area contributed by atoms with Crippen molar-refractivity contribution < 1.29 is 0 Å². The Morgan fingerprint density at radius 3 is 2.55 bits per heavy atom. The molecule has 6 heteroatoms. The van der Waals surface area contributed by atoms with Crippen molar-refractivity contribution in [2.24, 2.45) is 0 Å². The van der Waals surface area contributed by atoms with Gasteiger partial charge in [0.1, 0.15) is 0 Å². The molecule has 1 aromatic heterocycles. The van der Waals surface area contributed by atoms with Gasteiger partial charge in [-0.05, 0) is 30.3 Å². The number of nitrogens with zero attached hydrogens (tertiary/aromatic N) is 2. The van der Waals surface area contributed by atoms with Crippen LogP contribution in [-0.4, -0.2) is 15.2 Å². The highest BCUT2D eigenvalue weighted by Crippen LogP contribution is 2.26. The lowest BCUT2D eigenvalue weighted by Crippen LogP contribution is -1.91. The van der Waals surface area contributed by atoms with E-state index in [2.05, 4.69) is 36.4 Å². The van der Waals surface area contributed by atoms with Crippen molar-refractivity contribution in [2.75, 3.05) is 5.32 Å². The van der Waals surface area contributed by atoms with Gasteiger partial charge >= 0.3 is 0 Å². The zero-order valence-electron chi connectivity index (χ0n) is 10.3. The van der Waals surface area contributed by atoms with E-state index in [1.807, 2.05) is 48.5 Å². The predicted molar refractivity (Wildman–Crippen MR) is 84.3 cm³/mol. The van der Waals surface area contributed by atoms with Crippen LogP contribution in [0, 0.1) is 0 Å². The first-order chi connectivity index (χ1) is 9.72. The number of benzene rings is 2. The van der Waals surface area contributed by atoms with Gasteiger partial charge in [0.2, 0.25) is 5.95 Å². The Morgan fingerprint density at radius 2 is 1.80 bits per heavy atom. The molecule has 0 aliphatic carbocycles. The van der Waals surface area contributed by atoms with Crippen molar-refractivity contribution in [1.82, 2.24) is 15.2 Å². The van der Waals surface area contributed by atoms with Gasteiger partial charge in [0.05, 0.1) is 0 Å². The molecule has 4 nitrogen and oxygen atoms in total. The first kappa shape index (κ1) is 13.1. The Hall–Kier alpha value is -1.85. The lowest BCUT2D eigenvalue weighted by molar-refractivity contribution is 1.10. The number of hydrogen-bond acceptors (Lipinski definition) is 3. The molecule has 3 aromatic rings. The van der Waals surface area contributed by atoms with Gasteiger partial charge in [0.25, 0.3) is 0 Å². The predicted octanol–water partition coefficient (Wildman–Crippen LogP) is 4.63. The molecule has 2 N–H and O–H groups in total. The smallest absolute Gasteiger partial charge is 0.246 e. The van der Waals surface area contributed by atoms with Crippen molar-refractivity contribution in [1.29, 1.82) is 0 Å². The Bertz CT molecular complexity index is 724. The quantitative estimate of drug-likeness (QED) is 0.725. The number of rotatable bonds is 3. The molecule has 2 aromatic carbocycles. The molecule has 0 atom stereocenters. The fourth-order valence-electron chi connectivity index (χ4n) is 1.75. The molecule has 0 saturated heterocycles. The number of halogens is 2. The summed E-state index contributed by atoms with van der Waals surface area (Å²) < 4.78 is 0.967. The Balaban J connectivity index is 1.84. The van der Waals surface area contributed by atoms with Gasteiger partial charge in [-0.3, -0.25) is 5.10 Å². The van der Waals surface area contributed by atoms with Gasteiger partial charge in [-0.1, -0.05) is 45.7 Å². The topological polar surface area (TPSA) is 53.6 Å². The lowest BCUT2D eigenvalue weighted by atomic mass is 10.2.